The number of alkyl carbamates (subject to hydrolysis) is 1. The molecule has 0 saturated carbocycles. The summed E-state index contributed by atoms with van der Waals surface area (Å²) in [6, 6.07) is 7.37. The van der Waals surface area contributed by atoms with Gasteiger partial charge in [0.2, 0.25) is 0 Å². The first kappa shape index (κ1) is 14.6. The van der Waals surface area contributed by atoms with E-state index >= 15 is 0 Å². The number of halogens is 1. The minimum Gasteiger partial charge on any atom is -0.444 e. The van der Waals surface area contributed by atoms with Gasteiger partial charge in [0, 0.05) is 11.6 Å². The van der Waals surface area contributed by atoms with Crippen molar-refractivity contribution in [2.24, 2.45) is 0 Å². The Morgan fingerprint density at radius 3 is 2.56 bits per heavy atom. The lowest BCUT2D eigenvalue weighted by atomic mass is 10.1. The van der Waals surface area contributed by atoms with Crippen LogP contribution in [0.5, 0.6) is 0 Å². The lowest BCUT2D eigenvalue weighted by Gasteiger charge is -2.20. The summed E-state index contributed by atoms with van der Waals surface area (Å²) in [4.78, 5) is 11.5. The van der Waals surface area contributed by atoms with Crippen LogP contribution in [0.25, 0.3) is 5.57 Å². The van der Waals surface area contributed by atoms with E-state index in [1.165, 1.54) is 0 Å². The van der Waals surface area contributed by atoms with E-state index in [1.54, 1.807) is 6.07 Å². The molecule has 0 aliphatic heterocycles. The molecule has 98 valence electrons. The second-order valence-corrected chi connectivity index (χ2v) is 5.35. The van der Waals surface area contributed by atoms with Gasteiger partial charge in [-0.2, -0.15) is 0 Å². The van der Waals surface area contributed by atoms with Crippen molar-refractivity contribution in [3.63, 3.8) is 0 Å². The van der Waals surface area contributed by atoms with Crippen molar-refractivity contribution >= 4 is 23.3 Å². The molecule has 0 aliphatic rings. The van der Waals surface area contributed by atoms with Crippen LogP contribution in [0.4, 0.5) is 4.79 Å². The Labute approximate surface area is 113 Å². The predicted octanol–water partition coefficient (Wildman–Crippen LogP) is 3.88. The first-order chi connectivity index (χ1) is 8.29. The van der Waals surface area contributed by atoms with Crippen LogP contribution in [0.15, 0.2) is 30.8 Å². The van der Waals surface area contributed by atoms with Crippen molar-refractivity contribution in [2.75, 3.05) is 6.54 Å². The van der Waals surface area contributed by atoms with Gasteiger partial charge in [0.15, 0.2) is 0 Å². The van der Waals surface area contributed by atoms with Crippen LogP contribution in [-0.4, -0.2) is 18.2 Å². The standard InChI is InChI=1S/C14H18ClNO2/c1-10(11-7-5-6-8-12(11)15)9-16-13(17)18-14(2,3)4/h5-8H,1,9H2,2-4H3,(H,16,17). The van der Waals surface area contributed by atoms with Crippen molar-refractivity contribution in [3.05, 3.63) is 41.4 Å². The summed E-state index contributed by atoms with van der Waals surface area (Å²) in [5.74, 6) is 0. The molecule has 18 heavy (non-hydrogen) atoms. The van der Waals surface area contributed by atoms with Gasteiger partial charge in [-0.25, -0.2) is 4.79 Å². The van der Waals surface area contributed by atoms with E-state index in [0.29, 0.717) is 11.6 Å². The van der Waals surface area contributed by atoms with Gasteiger partial charge >= 0.3 is 6.09 Å². The molecule has 0 radical (unpaired) electrons. The van der Waals surface area contributed by atoms with Crippen LogP contribution in [0, 0.1) is 0 Å². The summed E-state index contributed by atoms with van der Waals surface area (Å²) in [5, 5.41) is 3.26. The molecule has 0 fully saturated rings. The van der Waals surface area contributed by atoms with E-state index in [4.69, 9.17) is 16.3 Å². The molecule has 1 amide bonds. The molecule has 0 unspecified atom stereocenters. The first-order valence-electron chi connectivity index (χ1n) is 5.69. The quantitative estimate of drug-likeness (QED) is 0.903. The Balaban J connectivity index is 2.52. The van der Waals surface area contributed by atoms with E-state index in [-0.39, 0.29) is 0 Å². The predicted molar refractivity (Wildman–Crippen MR) is 74.7 cm³/mol. The molecule has 1 rings (SSSR count). The molecule has 1 aromatic carbocycles. The number of ether oxygens (including phenoxy) is 1. The molecule has 4 heteroatoms. The molecule has 0 bridgehead atoms. The van der Waals surface area contributed by atoms with Gasteiger partial charge in [-0.15, -0.1) is 0 Å². The zero-order chi connectivity index (χ0) is 13.8. The average molecular weight is 268 g/mol. The van der Waals surface area contributed by atoms with Crippen molar-refractivity contribution in [1.29, 1.82) is 0 Å². The molecule has 1 N–H and O–H groups in total. The fourth-order valence-corrected chi connectivity index (χ4v) is 1.61. The first-order valence-corrected chi connectivity index (χ1v) is 6.07. The topological polar surface area (TPSA) is 38.3 Å². The van der Waals surface area contributed by atoms with Gasteiger partial charge in [0.05, 0.1) is 0 Å². The average Bonchev–Trinajstić information content (AvgIpc) is 2.24. The molecular weight excluding hydrogens is 250 g/mol. The van der Waals surface area contributed by atoms with Gasteiger partial charge in [0.1, 0.15) is 5.60 Å². The Kier molecular flexibility index (Phi) is 4.79. The van der Waals surface area contributed by atoms with Crippen LogP contribution in [-0.2, 0) is 4.74 Å². The number of benzene rings is 1. The molecule has 0 aliphatic carbocycles. The minimum absolute atomic E-state index is 0.304. The van der Waals surface area contributed by atoms with Crippen molar-refractivity contribution in [2.45, 2.75) is 26.4 Å². The fourth-order valence-electron chi connectivity index (χ4n) is 1.34. The maximum absolute atomic E-state index is 11.5. The van der Waals surface area contributed by atoms with Gasteiger partial charge in [-0.3, -0.25) is 0 Å². The van der Waals surface area contributed by atoms with Crippen molar-refractivity contribution in [1.82, 2.24) is 5.32 Å². The summed E-state index contributed by atoms with van der Waals surface area (Å²) < 4.78 is 5.13. The third kappa shape index (κ3) is 4.80. The zero-order valence-corrected chi connectivity index (χ0v) is 11.7. The third-order valence-electron chi connectivity index (χ3n) is 2.10. The smallest absolute Gasteiger partial charge is 0.407 e. The Bertz CT molecular complexity index is 449. The molecule has 1 aromatic rings. The van der Waals surface area contributed by atoms with E-state index in [9.17, 15) is 4.79 Å². The fraction of sp³-hybridized carbons (Fsp3) is 0.357. The second-order valence-electron chi connectivity index (χ2n) is 4.94. The highest BCUT2D eigenvalue weighted by Crippen LogP contribution is 2.21. The number of amides is 1. The van der Waals surface area contributed by atoms with Crippen LogP contribution in [0.1, 0.15) is 26.3 Å². The second kappa shape index (κ2) is 5.91. The maximum atomic E-state index is 11.5. The minimum atomic E-state index is -0.504. The number of carbonyl (C=O) groups excluding carboxylic acids is 1. The highest BCUT2D eigenvalue weighted by molar-refractivity contribution is 6.32. The van der Waals surface area contributed by atoms with Crippen LogP contribution in [0.3, 0.4) is 0 Å². The maximum Gasteiger partial charge on any atom is 0.407 e. The number of hydrogen-bond acceptors (Lipinski definition) is 2. The molecule has 0 atom stereocenters. The van der Waals surface area contributed by atoms with E-state index in [2.05, 4.69) is 11.9 Å². The van der Waals surface area contributed by atoms with Crippen LogP contribution >= 0.6 is 11.6 Å². The summed E-state index contributed by atoms with van der Waals surface area (Å²) in [6.45, 7) is 9.65. The summed E-state index contributed by atoms with van der Waals surface area (Å²) in [5.41, 5.74) is 1.07. The normalized spacial score (nSPS) is 10.9. The molecule has 0 heterocycles. The molecule has 0 spiro atoms. The molecular formula is C14H18ClNO2. The van der Waals surface area contributed by atoms with Gasteiger partial charge < -0.3 is 10.1 Å². The molecule has 3 nitrogen and oxygen atoms in total. The monoisotopic (exact) mass is 267 g/mol. The lowest BCUT2D eigenvalue weighted by Crippen LogP contribution is -2.33. The third-order valence-corrected chi connectivity index (χ3v) is 2.43. The Morgan fingerprint density at radius 1 is 1.39 bits per heavy atom. The molecule has 0 aromatic heterocycles. The Hall–Kier alpha value is -1.48. The number of carbonyl (C=O) groups is 1. The lowest BCUT2D eigenvalue weighted by molar-refractivity contribution is 0.0535. The SMILES string of the molecule is C=C(CNC(=O)OC(C)(C)C)c1ccccc1Cl. The number of hydrogen-bond donors (Lipinski definition) is 1. The zero-order valence-electron chi connectivity index (χ0n) is 10.9. The highest BCUT2D eigenvalue weighted by Gasteiger charge is 2.16. The summed E-state index contributed by atoms with van der Waals surface area (Å²) >= 11 is 6.04. The number of nitrogens with one attached hydrogen (secondary N) is 1. The van der Waals surface area contributed by atoms with Crippen LogP contribution in [0.2, 0.25) is 5.02 Å². The van der Waals surface area contributed by atoms with E-state index in [1.807, 2.05) is 39.0 Å². The summed E-state index contributed by atoms with van der Waals surface area (Å²) in [6.07, 6.45) is -0.462. The van der Waals surface area contributed by atoms with Crippen molar-refractivity contribution in [3.8, 4) is 0 Å². The van der Waals surface area contributed by atoms with Gasteiger partial charge in [-0.05, 0) is 38.0 Å². The van der Waals surface area contributed by atoms with E-state index < -0.39 is 11.7 Å². The van der Waals surface area contributed by atoms with Gasteiger partial charge in [-0.1, -0.05) is 36.4 Å². The summed E-state index contributed by atoms with van der Waals surface area (Å²) in [7, 11) is 0. The molecule has 0 saturated heterocycles. The van der Waals surface area contributed by atoms with Crippen molar-refractivity contribution < 1.29 is 9.53 Å². The Morgan fingerprint density at radius 2 is 2.00 bits per heavy atom. The largest absolute Gasteiger partial charge is 0.444 e. The van der Waals surface area contributed by atoms with Gasteiger partial charge in [0.25, 0.3) is 0 Å². The number of rotatable bonds is 3. The highest BCUT2D eigenvalue weighted by atomic mass is 35.5. The van der Waals surface area contributed by atoms with E-state index in [0.717, 1.165) is 11.1 Å². The van der Waals surface area contributed by atoms with Crippen LogP contribution < -0.4 is 5.32 Å².